The fourth-order valence-electron chi connectivity index (χ4n) is 3.81. The van der Waals surface area contributed by atoms with Crippen LogP contribution in [0.4, 0.5) is 0 Å². The lowest BCUT2D eigenvalue weighted by Crippen LogP contribution is -2.29. The van der Waals surface area contributed by atoms with Gasteiger partial charge >= 0.3 is 7.12 Å². The molecule has 3 N–H and O–H groups in total. The summed E-state index contributed by atoms with van der Waals surface area (Å²) in [7, 11) is -1.47. The van der Waals surface area contributed by atoms with E-state index in [0.29, 0.717) is 5.46 Å². The summed E-state index contributed by atoms with van der Waals surface area (Å²) in [5.41, 5.74) is 4.81. The molecule has 0 aliphatic carbocycles. The molecule has 0 saturated heterocycles. The van der Waals surface area contributed by atoms with Gasteiger partial charge in [-0.3, -0.25) is 0 Å². The lowest BCUT2D eigenvalue weighted by Gasteiger charge is -2.09. The van der Waals surface area contributed by atoms with Crippen LogP contribution in [0.2, 0.25) is 0 Å². The Morgan fingerprint density at radius 3 is 2.35 bits per heavy atom. The average Bonchev–Trinajstić information content (AvgIpc) is 3.06. The second-order valence-corrected chi connectivity index (χ2v) is 6.56. The van der Waals surface area contributed by atoms with Gasteiger partial charge in [0.1, 0.15) is 0 Å². The maximum absolute atomic E-state index is 9.46. The maximum Gasteiger partial charge on any atom is 0.488 e. The Bertz CT molecular complexity index is 1260. The van der Waals surface area contributed by atoms with Gasteiger partial charge in [-0.15, -0.1) is 0 Å². The lowest BCUT2D eigenvalue weighted by atomic mass is 9.80. The Kier molecular flexibility index (Phi) is 3.35. The van der Waals surface area contributed by atoms with Crippen molar-refractivity contribution >= 4 is 45.2 Å². The van der Waals surface area contributed by atoms with Gasteiger partial charge in [-0.05, 0) is 39.5 Å². The van der Waals surface area contributed by atoms with Gasteiger partial charge < -0.3 is 15.0 Å². The standard InChI is InChI=1S/C22H16BNO2/c25-23(26)16-10-11-18-20(13-16)24-19-12-9-15-7-4-8-17(21(15)22(18)19)14-5-2-1-3-6-14/h1-13,24-26H. The van der Waals surface area contributed by atoms with Gasteiger partial charge in [0.15, 0.2) is 0 Å². The van der Waals surface area contributed by atoms with E-state index in [-0.39, 0.29) is 0 Å². The van der Waals surface area contributed by atoms with Crippen LogP contribution in [0.1, 0.15) is 0 Å². The largest absolute Gasteiger partial charge is 0.488 e. The molecule has 3 nitrogen and oxygen atoms in total. The summed E-state index contributed by atoms with van der Waals surface area (Å²) in [5, 5.41) is 23.6. The van der Waals surface area contributed by atoms with Gasteiger partial charge in [0.2, 0.25) is 0 Å². The number of fused-ring (bicyclic) bond motifs is 5. The molecule has 124 valence electrons. The fraction of sp³-hybridized carbons (Fsp3) is 0. The molecule has 0 spiro atoms. The molecule has 0 unspecified atom stereocenters. The van der Waals surface area contributed by atoms with Gasteiger partial charge in [-0.1, -0.05) is 66.7 Å². The zero-order valence-corrected chi connectivity index (χ0v) is 14.0. The van der Waals surface area contributed by atoms with Crippen molar-refractivity contribution in [3.05, 3.63) is 78.9 Å². The summed E-state index contributed by atoms with van der Waals surface area (Å²) in [6.07, 6.45) is 0. The first-order chi connectivity index (χ1) is 12.7. The number of hydrogen-bond donors (Lipinski definition) is 3. The first-order valence-corrected chi connectivity index (χ1v) is 8.61. The van der Waals surface area contributed by atoms with Crippen molar-refractivity contribution in [1.82, 2.24) is 4.98 Å². The molecule has 26 heavy (non-hydrogen) atoms. The molecule has 0 atom stereocenters. The second-order valence-electron chi connectivity index (χ2n) is 6.56. The van der Waals surface area contributed by atoms with E-state index in [1.807, 2.05) is 12.1 Å². The van der Waals surface area contributed by atoms with Crippen LogP contribution in [0.3, 0.4) is 0 Å². The summed E-state index contributed by atoms with van der Waals surface area (Å²) in [6.45, 7) is 0. The highest BCUT2D eigenvalue weighted by atomic mass is 16.4. The van der Waals surface area contributed by atoms with Gasteiger partial charge in [0.05, 0.1) is 0 Å². The minimum absolute atomic E-state index is 0.483. The van der Waals surface area contributed by atoms with Crippen molar-refractivity contribution in [2.24, 2.45) is 0 Å². The molecule has 0 aliphatic heterocycles. The predicted octanol–water partition coefficient (Wildman–Crippen LogP) is 3.82. The molecule has 0 bridgehead atoms. The molecule has 0 saturated carbocycles. The molecule has 0 fully saturated rings. The molecule has 5 aromatic rings. The molecular formula is C22H16BNO2. The van der Waals surface area contributed by atoms with E-state index in [4.69, 9.17) is 0 Å². The van der Waals surface area contributed by atoms with Crippen LogP contribution in [-0.2, 0) is 0 Å². The number of aromatic amines is 1. The minimum atomic E-state index is -1.47. The highest BCUT2D eigenvalue weighted by molar-refractivity contribution is 6.59. The van der Waals surface area contributed by atoms with Crippen molar-refractivity contribution in [2.75, 3.05) is 0 Å². The number of aromatic nitrogens is 1. The molecule has 0 aliphatic rings. The normalized spacial score (nSPS) is 11.5. The molecule has 4 aromatic carbocycles. The number of hydrogen-bond acceptors (Lipinski definition) is 2. The van der Waals surface area contributed by atoms with Gasteiger partial charge in [0, 0.05) is 21.8 Å². The highest BCUT2D eigenvalue weighted by Crippen LogP contribution is 2.37. The monoisotopic (exact) mass is 337 g/mol. The Balaban J connectivity index is 1.93. The van der Waals surface area contributed by atoms with E-state index in [9.17, 15) is 10.0 Å². The third-order valence-corrected chi connectivity index (χ3v) is 5.01. The summed E-state index contributed by atoms with van der Waals surface area (Å²) in [6, 6.07) is 26.5. The summed E-state index contributed by atoms with van der Waals surface area (Å²) < 4.78 is 0. The molecule has 0 amide bonds. The van der Waals surface area contributed by atoms with Crippen molar-refractivity contribution in [1.29, 1.82) is 0 Å². The third kappa shape index (κ3) is 2.24. The zero-order valence-electron chi connectivity index (χ0n) is 14.0. The molecule has 5 rings (SSSR count). The maximum atomic E-state index is 9.46. The highest BCUT2D eigenvalue weighted by Gasteiger charge is 2.15. The Hall–Kier alpha value is -3.08. The Morgan fingerprint density at radius 2 is 1.54 bits per heavy atom. The molecule has 4 heteroatoms. The van der Waals surface area contributed by atoms with Crippen LogP contribution in [0.5, 0.6) is 0 Å². The first-order valence-electron chi connectivity index (χ1n) is 8.61. The minimum Gasteiger partial charge on any atom is -0.423 e. The van der Waals surface area contributed by atoms with Crippen molar-refractivity contribution < 1.29 is 10.0 Å². The van der Waals surface area contributed by atoms with Crippen molar-refractivity contribution in [2.45, 2.75) is 0 Å². The van der Waals surface area contributed by atoms with E-state index in [1.165, 1.54) is 21.9 Å². The number of H-pyrrole nitrogens is 1. The van der Waals surface area contributed by atoms with E-state index in [1.54, 1.807) is 12.1 Å². The SMILES string of the molecule is OB(O)c1ccc2c(c1)[nH]c1ccc3cccc(-c4ccccc4)c3c12. The van der Waals surface area contributed by atoms with E-state index < -0.39 is 7.12 Å². The number of benzene rings is 4. The van der Waals surface area contributed by atoms with Crippen LogP contribution in [0.15, 0.2) is 78.9 Å². The molecule has 1 heterocycles. The van der Waals surface area contributed by atoms with Crippen LogP contribution >= 0.6 is 0 Å². The van der Waals surface area contributed by atoms with E-state index >= 15 is 0 Å². The topological polar surface area (TPSA) is 56.2 Å². The lowest BCUT2D eigenvalue weighted by molar-refractivity contribution is 0.426. The van der Waals surface area contributed by atoms with Gasteiger partial charge in [0.25, 0.3) is 0 Å². The number of rotatable bonds is 2. The van der Waals surface area contributed by atoms with E-state index in [0.717, 1.165) is 21.8 Å². The Labute approximate surface area is 150 Å². The summed E-state index contributed by atoms with van der Waals surface area (Å²) >= 11 is 0. The third-order valence-electron chi connectivity index (χ3n) is 5.01. The summed E-state index contributed by atoms with van der Waals surface area (Å²) in [4.78, 5) is 3.42. The van der Waals surface area contributed by atoms with Crippen molar-refractivity contribution in [3.63, 3.8) is 0 Å². The molecule has 1 aromatic heterocycles. The summed E-state index contributed by atoms with van der Waals surface area (Å²) in [5.74, 6) is 0. The first kappa shape index (κ1) is 15.2. The quantitative estimate of drug-likeness (QED) is 0.429. The predicted molar refractivity (Wildman–Crippen MR) is 109 cm³/mol. The van der Waals surface area contributed by atoms with Crippen molar-refractivity contribution in [3.8, 4) is 11.1 Å². The van der Waals surface area contributed by atoms with Gasteiger partial charge in [-0.25, -0.2) is 0 Å². The fourth-order valence-corrected chi connectivity index (χ4v) is 3.81. The smallest absolute Gasteiger partial charge is 0.423 e. The van der Waals surface area contributed by atoms with Gasteiger partial charge in [-0.2, -0.15) is 0 Å². The zero-order chi connectivity index (χ0) is 17.7. The van der Waals surface area contributed by atoms with Crippen LogP contribution in [0, 0.1) is 0 Å². The van der Waals surface area contributed by atoms with E-state index in [2.05, 4.69) is 59.6 Å². The van der Waals surface area contributed by atoms with Crippen LogP contribution < -0.4 is 5.46 Å². The Morgan fingerprint density at radius 1 is 0.692 bits per heavy atom. The van der Waals surface area contributed by atoms with Crippen LogP contribution in [0.25, 0.3) is 43.7 Å². The number of nitrogens with one attached hydrogen (secondary N) is 1. The van der Waals surface area contributed by atoms with Crippen LogP contribution in [-0.4, -0.2) is 22.2 Å². The second kappa shape index (κ2) is 5.73. The molecular weight excluding hydrogens is 321 g/mol. The molecule has 0 radical (unpaired) electrons. The average molecular weight is 337 g/mol.